The van der Waals surface area contributed by atoms with Crippen molar-refractivity contribution in [3.8, 4) is 0 Å². The van der Waals surface area contributed by atoms with E-state index in [2.05, 4.69) is 10.2 Å². The topological polar surface area (TPSA) is 52.7 Å². The van der Waals surface area contributed by atoms with Gasteiger partial charge in [0.2, 0.25) is 11.8 Å². The zero-order valence-electron chi connectivity index (χ0n) is 16.2. The van der Waals surface area contributed by atoms with Crippen LogP contribution in [0.25, 0.3) is 6.08 Å². The maximum Gasteiger partial charge on any atom is 0.248 e. The molecule has 0 radical (unpaired) electrons. The number of hydrogen-bond donors (Lipinski definition) is 1. The molecule has 0 aromatic heterocycles. The van der Waals surface area contributed by atoms with E-state index in [1.165, 1.54) is 6.08 Å². The fourth-order valence-electron chi connectivity index (χ4n) is 3.18. The van der Waals surface area contributed by atoms with Crippen molar-refractivity contribution < 1.29 is 9.59 Å². The molecule has 0 saturated carbocycles. The highest BCUT2D eigenvalue weighted by Crippen LogP contribution is 2.22. The third kappa shape index (κ3) is 5.75. The molecule has 1 saturated heterocycles. The Balaban J connectivity index is 1.54. The Labute approximate surface area is 180 Å². The van der Waals surface area contributed by atoms with Gasteiger partial charge in [-0.1, -0.05) is 36.2 Å². The highest BCUT2D eigenvalue weighted by atomic mass is 35.5. The molecule has 0 unspecified atom stereocenters. The number of hydrogen-bond acceptors (Lipinski definition) is 3. The van der Waals surface area contributed by atoms with Crippen LogP contribution in [0.4, 0.5) is 11.4 Å². The first-order valence-corrected chi connectivity index (χ1v) is 10.3. The number of amides is 2. The van der Waals surface area contributed by atoms with E-state index >= 15 is 0 Å². The molecule has 2 amide bonds. The Hall–Kier alpha value is -2.50. The minimum absolute atomic E-state index is 0.204. The molecule has 1 aliphatic heterocycles. The van der Waals surface area contributed by atoms with Crippen molar-refractivity contribution >= 4 is 52.5 Å². The van der Waals surface area contributed by atoms with Crippen LogP contribution in [0.15, 0.2) is 48.5 Å². The fraction of sp³-hybridized carbons (Fsp3) is 0.273. The summed E-state index contributed by atoms with van der Waals surface area (Å²) in [4.78, 5) is 28.1. The number of carbonyl (C=O) groups is 2. The predicted molar refractivity (Wildman–Crippen MR) is 120 cm³/mol. The SMILES string of the molecule is CCC(=O)N1CCN(c2ccc(NC(=O)C=Cc3ccc(Cl)cc3Cl)cc2)CC1. The van der Waals surface area contributed by atoms with Crippen molar-refractivity contribution in [3.63, 3.8) is 0 Å². The van der Waals surface area contributed by atoms with Gasteiger partial charge in [-0.2, -0.15) is 0 Å². The molecule has 0 aliphatic carbocycles. The average Bonchev–Trinajstić information content (AvgIpc) is 2.73. The number of carbonyl (C=O) groups excluding carboxylic acids is 2. The van der Waals surface area contributed by atoms with Crippen LogP contribution >= 0.6 is 23.2 Å². The van der Waals surface area contributed by atoms with Crippen molar-refractivity contribution in [2.24, 2.45) is 0 Å². The summed E-state index contributed by atoms with van der Waals surface area (Å²) in [5, 5.41) is 3.88. The molecular formula is C22H23Cl2N3O2. The number of anilines is 2. The van der Waals surface area contributed by atoms with Crippen molar-refractivity contribution in [2.45, 2.75) is 13.3 Å². The van der Waals surface area contributed by atoms with Gasteiger partial charge in [-0.25, -0.2) is 0 Å². The third-order valence-corrected chi connectivity index (χ3v) is 5.37. The van der Waals surface area contributed by atoms with Crippen molar-refractivity contribution in [2.75, 3.05) is 36.4 Å². The van der Waals surface area contributed by atoms with Crippen LogP contribution in [0.2, 0.25) is 10.0 Å². The molecule has 0 atom stereocenters. The van der Waals surface area contributed by atoms with Crippen LogP contribution in [0.1, 0.15) is 18.9 Å². The van der Waals surface area contributed by atoms with Crippen LogP contribution in [0, 0.1) is 0 Å². The van der Waals surface area contributed by atoms with Crippen LogP contribution in [0.5, 0.6) is 0 Å². The Kier molecular flexibility index (Phi) is 7.18. The second kappa shape index (κ2) is 9.81. The number of nitrogens with one attached hydrogen (secondary N) is 1. The molecular weight excluding hydrogens is 409 g/mol. The molecule has 29 heavy (non-hydrogen) atoms. The fourth-order valence-corrected chi connectivity index (χ4v) is 3.65. The largest absolute Gasteiger partial charge is 0.368 e. The highest BCUT2D eigenvalue weighted by Gasteiger charge is 2.19. The molecule has 1 aliphatic rings. The first-order chi connectivity index (χ1) is 14.0. The van der Waals surface area contributed by atoms with Gasteiger partial charge >= 0.3 is 0 Å². The molecule has 1 heterocycles. The van der Waals surface area contributed by atoms with E-state index in [1.54, 1.807) is 24.3 Å². The number of halogens is 2. The highest BCUT2D eigenvalue weighted by molar-refractivity contribution is 6.35. The maximum absolute atomic E-state index is 12.2. The molecule has 3 rings (SSSR count). The summed E-state index contributed by atoms with van der Waals surface area (Å²) in [6.45, 7) is 4.98. The molecule has 2 aromatic carbocycles. The van der Waals surface area contributed by atoms with Gasteiger partial charge in [-0.3, -0.25) is 9.59 Å². The van der Waals surface area contributed by atoms with E-state index in [-0.39, 0.29) is 11.8 Å². The molecule has 1 N–H and O–H groups in total. The second-order valence-corrected chi connectivity index (χ2v) is 7.60. The molecule has 152 valence electrons. The van der Waals surface area contributed by atoms with Crippen molar-refractivity contribution in [3.05, 3.63) is 64.1 Å². The smallest absolute Gasteiger partial charge is 0.248 e. The quantitative estimate of drug-likeness (QED) is 0.697. The summed E-state index contributed by atoms with van der Waals surface area (Å²) in [6, 6.07) is 12.8. The number of rotatable bonds is 5. The molecule has 1 fully saturated rings. The summed E-state index contributed by atoms with van der Waals surface area (Å²) in [5.41, 5.74) is 2.52. The molecule has 7 heteroatoms. The maximum atomic E-state index is 12.2. The van der Waals surface area contributed by atoms with Crippen LogP contribution in [-0.4, -0.2) is 42.9 Å². The zero-order chi connectivity index (χ0) is 20.8. The van der Waals surface area contributed by atoms with E-state index in [0.29, 0.717) is 22.2 Å². The monoisotopic (exact) mass is 431 g/mol. The first-order valence-electron chi connectivity index (χ1n) is 9.53. The van der Waals surface area contributed by atoms with Crippen LogP contribution < -0.4 is 10.2 Å². The lowest BCUT2D eigenvalue weighted by atomic mass is 10.2. The van der Waals surface area contributed by atoms with Gasteiger partial charge in [0.25, 0.3) is 0 Å². The van der Waals surface area contributed by atoms with Crippen molar-refractivity contribution in [1.82, 2.24) is 4.90 Å². The van der Waals surface area contributed by atoms with E-state index in [1.807, 2.05) is 36.1 Å². The Bertz CT molecular complexity index is 905. The number of piperazine rings is 1. The van der Waals surface area contributed by atoms with Gasteiger partial charge in [-0.15, -0.1) is 0 Å². The third-order valence-electron chi connectivity index (χ3n) is 4.81. The summed E-state index contributed by atoms with van der Waals surface area (Å²) in [5.74, 6) is -0.0360. The summed E-state index contributed by atoms with van der Waals surface area (Å²) >= 11 is 12.0. The normalized spacial score (nSPS) is 14.3. The van der Waals surface area contributed by atoms with Gasteiger partial charge in [0.15, 0.2) is 0 Å². The zero-order valence-corrected chi connectivity index (χ0v) is 17.7. The predicted octanol–water partition coefficient (Wildman–Crippen LogP) is 4.70. The van der Waals surface area contributed by atoms with Crippen molar-refractivity contribution in [1.29, 1.82) is 0 Å². The first kappa shape index (κ1) is 21.2. The Morgan fingerprint density at radius 3 is 2.34 bits per heavy atom. The minimum atomic E-state index is -0.240. The van der Waals surface area contributed by atoms with E-state index in [4.69, 9.17) is 23.2 Å². The lowest BCUT2D eigenvalue weighted by molar-refractivity contribution is -0.131. The van der Waals surface area contributed by atoms with Gasteiger partial charge in [0.1, 0.15) is 0 Å². The number of nitrogens with zero attached hydrogens (tertiary/aromatic N) is 2. The minimum Gasteiger partial charge on any atom is -0.368 e. The second-order valence-electron chi connectivity index (χ2n) is 6.76. The molecule has 0 spiro atoms. The molecule has 5 nitrogen and oxygen atoms in total. The lowest BCUT2D eigenvalue weighted by Crippen LogP contribution is -2.48. The van der Waals surface area contributed by atoms with Gasteiger partial charge in [0.05, 0.1) is 0 Å². The van der Waals surface area contributed by atoms with Crippen LogP contribution in [-0.2, 0) is 9.59 Å². The van der Waals surface area contributed by atoms with Crippen LogP contribution in [0.3, 0.4) is 0 Å². The van der Waals surface area contributed by atoms with E-state index < -0.39 is 0 Å². The van der Waals surface area contributed by atoms with Gasteiger partial charge in [0, 0.05) is 60.1 Å². The lowest BCUT2D eigenvalue weighted by Gasteiger charge is -2.36. The van der Waals surface area contributed by atoms with E-state index in [9.17, 15) is 9.59 Å². The molecule has 0 bridgehead atoms. The Morgan fingerprint density at radius 1 is 1.03 bits per heavy atom. The average molecular weight is 432 g/mol. The van der Waals surface area contributed by atoms with Gasteiger partial charge < -0.3 is 15.1 Å². The summed E-state index contributed by atoms with van der Waals surface area (Å²) in [7, 11) is 0. The number of benzene rings is 2. The molecule has 2 aromatic rings. The summed E-state index contributed by atoms with van der Waals surface area (Å²) < 4.78 is 0. The standard InChI is InChI=1S/C22H23Cl2N3O2/c1-2-22(29)27-13-11-26(12-14-27)19-8-6-18(7-9-19)25-21(28)10-4-16-3-5-17(23)15-20(16)24/h3-10,15H,2,11-14H2,1H3,(H,25,28). The Morgan fingerprint density at radius 2 is 1.72 bits per heavy atom. The summed E-state index contributed by atoms with van der Waals surface area (Å²) in [6.07, 6.45) is 3.64. The van der Waals surface area contributed by atoms with Gasteiger partial charge in [-0.05, 0) is 48.0 Å². The van der Waals surface area contributed by atoms with E-state index in [0.717, 1.165) is 37.4 Å².